The number of para-hydroxylation sites is 1. The van der Waals surface area contributed by atoms with Crippen molar-refractivity contribution in [2.24, 2.45) is 0 Å². The molecule has 2 aromatic rings. The van der Waals surface area contributed by atoms with Gasteiger partial charge in [-0.05, 0) is 40.1 Å². The van der Waals surface area contributed by atoms with E-state index >= 15 is 0 Å². The number of aryl methyl sites for hydroxylation is 1. The SMILES string of the molecule is Cc1cn(-c2ccccc2)c(NCC(C)N(C)C)n1. The minimum Gasteiger partial charge on any atom is -0.354 e. The summed E-state index contributed by atoms with van der Waals surface area (Å²) < 4.78 is 2.09. The van der Waals surface area contributed by atoms with Gasteiger partial charge in [0.1, 0.15) is 0 Å². The van der Waals surface area contributed by atoms with Gasteiger partial charge in [0, 0.05) is 24.5 Å². The zero-order valence-corrected chi connectivity index (χ0v) is 12.1. The Balaban J connectivity index is 2.18. The van der Waals surface area contributed by atoms with E-state index in [1.165, 1.54) is 0 Å². The van der Waals surface area contributed by atoms with E-state index in [-0.39, 0.29) is 0 Å². The molecule has 4 heteroatoms. The lowest BCUT2D eigenvalue weighted by molar-refractivity contribution is 0.325. The van der Waals surface area contributed by atoms with Gasteiger partial charge in [0.15, 0.2) is 0 Å². The molecule has 0 aliphatic rings. The van der Waals surface area contributed by atoms with Gasteiger partial charge in [-0.15, -0.1) is 0 Å². The number of imidazole rings is 1. The topological polar surface area (TPSA) is 33.1 Å². The number of benzene rings is 1. The van der Waals surface area contributed by atoms with Crippen LogP contribution < -0.4 is 5.32 Å². The van der Waals surface area contributed by atoms with E-state index < -0.39 is 0 Å². The average Bonchev–Trinajstić information content (AvgIpc) is 2.78. The van der Waals surface area contributed by atoms with Crippen LogP contribution in [0.1, 0.15) is 12.6 Å². The first-order valence-electron chi connectivity index (χ1n) is 6.59. The highest BCUT2D eigenvalue weighted by Gasteiger charge is 2.09. The molecule has 2 rings (SSSR count). The number of aromatic nitrogens is 2. The molecule has 0 bridgehead atoms. The molecular weight excluding hydrogens is 236 g/mol. The Morgan fingerprint density at radius 3 is 2.58 bits per heavy atom. The van der Waals surface area contributed by atoms with Crippen molar-refractivity contribution in [2.75, 3.05) is 26.0 Å². The highest BCUT2D eigenvalue weighted by molar-refractivity contribution is 5.43. The second-order valence-electron chi connectivity index (χ2n) is 5.10. The van der Waals surface area contributed by atoms with Crippen molar-refractivity contribution < 1.29 is 0 Å². The largest absolute Gasteiger partial charge is 0.354 e. The lowest BCUT2D eigenvalue weighted by Gasteiger charge is -2.20. The van der Waals surface area contributed by atoms with Crippen molar-refractivity contribution in [3.8, 4) is 5.69 Å². The molecule has 0 saturated heterocycles. The Morgan fingerprint density at radius 2 is 1.95 bits per heavy atom. The number of rotatable bonds is 5. The molecule has 0 amide bonds. The summed E-state index contributed by atoms with van der Waals surface area (Å²) in [5, 5.41) is 3.42. The summed E-state index contributed by atoms with van der Waals surface area (Å²) in [6, 6.07) is 10.7. The van der Waals surface area contributed by atoms with Gasteiger partial charge in [-0.1, -0.05) is 18.2 Å². The average molecular weight is 258 g/mol. The van der Waals surface area contributed by atoms with Gasteiger partial charge >= 0.3 is 0 Å². The Labute approximate surface area is 115 Å². The van der Waals surface area contributed by atoms with Crippen LogP contribution in [0.15, 0.2) is 36.5 Å². The molecule has 0 aliphatic heterocycles. The molecule has 102 valence electrons. The van der Waals surface area contributed by atoms with Crippen LogP contribution in [0.2, 0.25) is 0 Å². The van der Waals surface area contributed by atoms with E-state index in [1.807, 2.05) is 25.1 Å². The maximum absolute atomic E-state index is 4.55. The number of nitrogens with one attached hydrogen (secondary N) is 1. The van der Waals surface area contributed by atoms with Gasteiger partial charge in [-0.25, -0.2) is 4.98 Å². The van der Waals surface area contributed by atoms with Crippen molar-refractivity contribution in [1.29, 1.82) is 0 Å². The summed E-state index contributed by atoms with van der Waals surface area (Å²) in [4.78, 5) is 6.74. The van der Waals surface area contributed by atoms with E-state index in [1.54, 1.807) is 0 Å². The summed E-state index contributed by atoms with van der Waals surface area (Å²) in [7, 11) is 4.17. The van der Waals surface area contributed by atoms with Gasteiger partial charge < -0.3 is 10.2 Å². The fourth-order valence-corrected chi connectivity index (χ4v) is 1.83. The third-order valence-electron chi connectivity index (χ3n) is 3.30. The Hall–Kier alpha value is -1.81. The molecule has 0 aliphatic carbocycles. The molecule has 4 nitrogen and oxygen atoms in total. The Bertz CT molecular complexity index is 516. The predicted molar refractivity (Wildman–Crippen MR) is 79.9 cm³/mol. The molecule has 0 fully saturated rings. The lowest BCUT2D eigenvalue weighted by atomic mass is 10.3. The van der Waals surface area contributed by atoms with Crippen molar-refractivity contribution in [3.05, 3.63) is 42.2 Å². The number of likely N-dealkylation sites (N-methyl/N-ethyl adjacent to an activating group) is 1. The number of hydrogen-bond acceptors (Lipinski definition) is 3. The van der Waals surface area contributed by atoms with E-state index in [0.29, 0.717) is 6.04 Å². The van der Waals surface area contributed by atoms with E-state index in [0.717, 1.165) is 23.9 Å². The molecule has 0 spiro atoms. The first kappa shape index (κ1) is 13.6. The molecule has 1 unspecified atom stereocenters. The number of anilines is 1. The summed E-state index contributed by atoms with van der Waals surface area (Å²) in [5.41, 5.74) is 2.15. The summed E-state index contributed by atoms with van der Waals surface area (Å²) in [5.74, 6) is 0.900. The summed E-state index contributed by atoms with van der Waals surface area (Å²) in [6.45, 7) is 5.08. The van der Waals surface area contributed by atoms with Crippen LogP contribution in [0.5, 0.6) is 0 Å². The summed E-state index contributed by atoms with van der Waals surface area (Å²) in [6.07, 6.45) is 2.05. The monoisotopic (exact) mass is 258 g/mol. The fourth-order valence-electron chi connectivity index (χ4n) is 1.83. The van der Waals surface area contributed by atoms with Crippen LogP contribution >= 0.6 is 0 Å². The lowest BCUT2D eigenvalue weighted by Crippen LogP contribution is -2.32. The third kappa shape index (κ3) is 3.35. The zero-order chi connectivity index (χ0) is 13.8. The minimum absolute atomic E-state index is 0.459. The number of hydrogen-bond donors (Lipinski definition) is 1. The van der Waals surface area contributed by atoms with Crippen molar-refractivity contribution >= 4 is 5.95 Å². The molecule has 1 aromatic carbocycles. The Morgan fingerprint density at radius 1 is 1.26 bits per heavy atom. The maximum atomic E-state index is 4.55. The van der Waals surface area contributed by atoms with Crippen molar-refractivity contribution in [3.63, 3.8) is 0 Å². The van der Waals surface area contributed by atoms with Crippen LogP contribution in [0, 0.1) is 6.92 Å². The molecule has 0 radical (unpaired) electrons. The van der Waals surface area contributed by atoms with Crippen LogP contribution in [0.4, 0.5) is 5.95 Å². The van der Waals surface area contributed by atoms with Crippen molar-refractivity contribution in [2.45, 2.75) is 19.9 Å². The van der Waals surface area contributed by atoms with Gasteiger partial charge in [0.25, 0.3) is 0 Å². The molecule has 0 saturated carbocycles. The van der Waals surface area contributed by atoms with Crippen LogP contribution in [-0.4, -0.2) is 41.1 Å². The second-order valence-corrected chi connectivity index (χ2v) is 5.10. The normalized spacial score (nSPS) is 12.7. The summed E-state index contributed by atoms with van der Waals surface area (Å²) >= 11 is 0. The van der Waals surface area contributed by atoms with Crippen LogP contribution in [-0.2, 0) is 0 Å². The molecule has 19 heavy (non-hydrogen) atoms. The smallest absolute Gasteiger partial charge is 0.207 e. The van der Waals surface area contributed by atoms with Crippen LogP contribution in [0.3, 0.4) is 0 Å². The van der Waals surface area contributed by atoms with Crippen LogP contribution in [0.25, 0.3) is 5.69 Å². The first-order chi connectivity index (χ1) is 9.08. The van der Waals surface area contributed by atoms with E-state index in [9.17, 15) is 0 Å². The second kappa shape index (κ2) is 5.89. The third-order valence-corrected chi connectivity index (χ3v) is 3.30. The van der Waals surface area contributed by atoms with Gasteiger partial charge in [0.05, 0.1) is 5.69 Å². The van der Waals surface area contributed by atoms with E-state index in [2.05, 4.69) is 59.1 Å². The number of nitrogens with zero attached hydrogens (tertiary/aromatic N) is 3. The van der Waals surface area contributed by atoms with Gasteiger partial charge in [-0.2, -0.15) is 0 Å². The highest BCUT2D eigenvalue weighted by atomic mass is 15.2. The van der Waals surface area contributed by atoms with Gasteiger partial charge in [-0.3, -0.25) is 4.57 Å². The Kier molecular flexibility index (Phi) is 4.22. The predicted octanol–water partition coefficient (Wildman–Crippen LogP) is 2.54. The minimum atomic E-state index is 0.459. The highest BCUT2D eigenvalue weighted by Crippen LogP contribution is 2.16. The zero-order valence-electron chi connectivity index (χ0n) is 12.1. The first-order valence-corrected chi connectivity index (χ1v) is 6.59. The molecule has 1 N–H and O–H groups in total. The molecule has 1 heterocycles. The van der Waals surface area contributed by atoms with Gasteiger partial charge in [0.2, 0.25) is 5.95 Å². The van der Waals surface area contributed by atoms with Crippen molar-refractivity contribution in [1.82, 2.24) is 14.5 Å². The molecule has 1 atom stereocenters. The van der Waals surface area contributed by atoms with E-state index in [4.69, 9.17) is 0 Å². The quantitative estimate of drug-likeness (QED) is 0.894. The maximum Gasteiger partial charge on any atom is 0.207 e. The fraction of sp³-hybridized carbons (Fsp3) is 0.400. The molecule has 1 aromatic heterocycles. The standard InChI is InChI=1S/C15H22N4/c1-12-11-19(14-8-6-5-7-9-14)15(17-12)16-10-13(2)18(3)4/h5-9,11,13H,10H2,1-4H3,(H,16,17). The molecular formula is C15H22N4.